The number of aliphatic imine (C=N–C) groups is 1. The molecule has 0 aromatic heterocycles. The minimum Gasteiger partial charge on any atom is -0.482 e. The summed E-state index contributed by atoms with van der Waals surface area (Å²) in [5.74, 6) is 1.64. The predicted molar refractivity (Wildman–Crippen MR) is 120 cm³/mol. The molecule has 6 nitrogen and oxygen atoms in total. The third-order valence-electron chi connectivity index (χ3n) is 5.68. The van der Waals surface area contributed by atoms with E-state index in [1.807, 2.05) is 29.2 Å². The zero-order chi connectivity index (χ0) is 18.4. The molecule has 3 rings (SSSR count). The van der Waals surface area contributed by atoms with Crippen LogP contribution < -0.4 is 20.3 Å². The highest BCUT2D eigenvalue weighted by Crippen LogP contribution is 2.43. The topological polar surface area (TPSA) is 66.0 Å². The first-order valence-electron chi connectivity index (χ1n) is 9.64. The zero-order valence-corrected chi connectivity index (χ0v) is 18.6. The Labute approximate surface area is 179 Å². The van der Waals surface area contributed by atoms with E-state index < -0.39 is 0 Å². The van der Waals surface area contributed by atoms with Crippen molar-refractivity contribution in [3.63, 3.8) is 0 Å². The minimum absolute atomic E-state index is 0. The van der Waals surface area contributed by atoms with Crippen LogP contribution in [0, 0.1) is 5.41 Å². The average Bonchev–Trinajstić information content (AvgIpc) is 2.64. The smallest absolute Gasteiger partial charge is 0.265 e. The molecular weight excluding hydrogens is 455 g/mol. The van der Waals surface area contributed by atoms with E-state index in [9.17, 15) is 4.79 Å². The second kappa shape index (κ2) is 10.1. The number of benzene rings is 1. The van der Waals surface area contributed by atoms with Gasteiger partial charge in [0.05, 0.1) is 5.69 Å². The fraction of sp³-hybridized carbons (Fsp3) is 0.600. The molecule has 0 bridgehead atoms. The molecule has 0 atom stereocenters. The second-order valence-electron chi connectivity index (χ2n) is 7.21. The number of hydrogen-bond donors (Lipinski definition) is 2. The van der Waals surface area contributed by atoms with E-state index in [0.717, 1.165) is 36.9 Å². The summed E-state index contributed by atoms with van der Waals surface area (Å²) in [5, 5.41) is 6.83. The van der Waals surface area contributed by atoms with Crippen LogP contribution in [0.15, 0.2) is 29.3 Å². The molecule has 150 valence electrons. The van der Waals surface area contributed by atoms with Gasteiger partial charge in [-0.3, -0.25) is 9.79 Å². The summed E-state index contributed by atoms with van der Waals surface area (Å²) in [7, 11) is 1.80. The Kier molecular flexibility index (Phi) is 8.19. The summed E-state index contributed by atoms with van der Waals surface area (Å²) in [6.07, 6.45) is 6.03. The lowest BCUT2D eigenvalue weighted by Crippen LogP contribution is -2.47. The van der Waals surface area contributed by atoms with Crippen molar-refractivity contribution in [2.45, 2.75) is 39.0 Å². The minimum atomic E-state index is 0. The molecule has 0 saturated heterocycles. The normalized spacial score (nSPS) is 17.9. The van der Waals surface area contributed by atoms with Crippen LogP contribution in [-0.2, 0) is 4.79 Å². The largest absolute Gasteiger partial charge is 0.482 e. The summed E-state index contributed by atoms with van der Waals surface area (Å²) >= 11 is 0. The number of para-hydroxylation sites is 2. The van der Waals surface area contributed by atoms with Gasteiger partial charge in [-0.1, -0.05) is 25.5 Å². The SMILES string of the molecule is CCC1(CNC(=NC)NCCCN2C(=O)COc3ccccc32)CCC1.I. The molecule has 7 heteroatoms. The fourth-order valence-corrected chi connectivity index (χ4v) is 3.67. The van der Waals surface area contributed by atoms with Gasteiger partial charge in [0.15, 0.2) is 12.6 Å². The van der Waals surface area contributed by atoms with E-state index >= 15 is 0 Å². The van der Waals surface area contributed by atoms with Crippen LogP contribution in [0.3, 0.4) is 0 Å². The number of nitrogens with one attached hydrogen (secondary N) is 2. The second-order valence-corrected chi connectivity index (χ2v) is 7.21. The number of nitrogens with zero attached hydrogens (tertiary/aromatic N) is 2. The molecule has 1 saturated carbocycles. The predicted octanol–water partition coefficient (Wildman–Crippen LogP) is 3.17. The standard InChI is InChI=1S/C20H30N4O2.HI/c1-3-20(10-6-11-20)15-23-19(21-2)22-12-7-13-24-16-8-4-5-9-17(16)26-14-18(24)25;/h4-5,8-9H,3,6-7,10-15H2,1-2H3,(H2,21,22,23);1H. The van der Waals surface area contributed by atoms with Gasteiger partial charge in [-0.2, -0.15) is 0 Å². The van der Waals surface area contributed by atoms with Gasteiger partial charge < -0.3 is 20.3 Å². The number of rotatable bonds is 7. The number of carbonyl (C=O) groups is 1. The molecule has 1 aliphatic heterocycles. The highest BCUT2D eigenvalue weighted by molar-refractivity contribution is 14.0. The Morgan fingerprint density at radius 2 is 2.07 bits per heavy atom. The fourth-order valence-electron chi connectivity index (χ4n) is 3.67. The average molecular weight is 486 g/mol. The van der Waals surface area contributed by atoms with E-state index in [1.54, 1.807) is 7.05 Å². The lowest BCUT2D eigenvalue weighted by Gasteiger charge is -2.41. The van der Waals surface area contributed by atoms with Crippen LogP contribution in [0.25, 0.3) is 0 Å². The first-order valence-corrected chi connectivity index (χ1v) is 9.64. The summed E-state index contributed by atoms with van der Waals surface area (Å²) in [6.45, 7) is 4.81. The summed E-state index contributed by atoms with van der Waals surface area (Å²) in [4.78, 5) is 18.3. The molecule has 2 N–H and O–H groups in total. The van der Waals surface area contributed by atoms with Gasteiger partial charge >= 0.3 is 0 Å². The lowest BCUT2D eigenvalue weighted by atomic mass is 9.67. The molecule has 0 unspecified atom stereocenters. The van der Waals surface area contributed by atoms with E-state index in [4.69, 9.17) is 4.74 Å². The molecule has 2 aliphatic rings. The molecular formula is C20H31IN4O2. The van der Waals surface area contributed by atoms with Crippen molar-refractivity contribution in [3.05, 3.63) is 24.3 Å². The maximum absolute atomic E-state index is 12.2. The first-order chi connectivity index (χ1) is 12.7. The van der Waals surface area contributed by atoms with Crippen LogP contribution in [0.4, 0.5) is 5.69 Å². The van der Waals surface area contributed by atoms with Gasteiger partial charge in [0.1, 0.15) is 5.75 Å². The zero-order valence-electron chi connectivity index (χ0n) is 16.3. The van der Waals surface area contributed by atoms with Crippen LogP contribution in [-0.4, -0.2) is 45.2 Å². The first kappa shape index (κ1) is 21.8. The number of ether oxygens (including phenoxy) is 1. The lowest BCUT2D eigenvalue weighted by molar-refractivity contribution is -0.121. The third-order valence-corrected chi connectivity index (χ3v) is 5.68. The molecule has 1 amide bonds. The van der Waals surface area contributed by atoms with Crippen molar-refractivity contribution < 1.29 is 9.53 Å². The Balaban J connectivity index is 0.00000261. The third kappa shape index (κ3) is 5.27. The number of carbonyl (C=O) groups excluding carboxylic acids is 1. The Bertz CT molecular complexity index is 656. The van der Waals surface area contributed by atoms with Crippen molar-refractivity contribution in [2.75, 3.05) is 38.2 Å². The van der Waals surface area contributed by atoms with Crippen molar-refractivity contribution in [1.29, 1.82) is 0 Å². The highest BCUT2D eigenvalue weighted by Gasteiger charge is 2.34. The summed E-state index contributed by atoms with van der Waals surface area (Å²) in [6, 6.07) is 7.70. The monoisotopic (exact) mass is 486 g/mol. The molecule has 0 radical (unpaired) electrons. The number of amides is 1. The van der Waals surface area contributed by atoms with E-state index in [2.05, 4.69) is 22.5 Å². The van der Waals surface area contributed by atoms with Gasteiger partial charge in [0.2, 0.25) is 0 Å². The van der Waals surface area contributed by atoms with Crippen molar-refractivity contribution >= 4 is 41.5 Å². The summed E-state index contributed by atoms with van der Waals surface area (Å²) in [5.41, 5.74) is 1.32. The van der Waals surface area contributed by atoms with Gasteiger partial charge in [-0.05, 0) is 43.2 Å². The van der Waals surface area contributed by atoms with Crippen LogP contribution >= 0.6 is 24.0 Å². The van der Waals surface area contributed by atoms with Crippen molar-refractivity contribution in [1.82, 2.24) is 10.6 Å². The molecule has 1 aromatic carbocycles. The van der Waals surface area contributed by atoms with Gasteiger partial charge in [-0.15, -0.1) is 24.0 Å². The summed E-state index contributed by atoms with van der Waals surface area (Å²) < 4.78 is 5.48. The van der Waals surface area contributed by atoms with E-state index in [1.165, 1.54) is 25.7 Å². The quantitative estimate of drug-likeness (QED) is 0.269. The Morgan fingerprint density at radius 3 is 2.74 bits per heavy atom. The maximum atomic E-state index is 12.2. The maximum Gasteiger partial charge on any atom is 0.265 e. The molecule has 1 aromatic rings. The Morgan fingerprint density at radius 1 is 1.30 bits per heavy atom. The van der Waals surface area contributed by atoms with Gasteiger partial charge in [0, 0.05) is 26.7 Å². The van der Waals surface area contributed by atoms with Crippen LogP contribution in [0.1, 0.15) is 39.0 Å². The Hall–Kier alpha value is -1.51. The number of fused-ring (bicyclic) bond motifs is 1. The number of hydrogen-bond acceptors (Lipinski definition) is 3. The van der Waals surface area contributed by atoms with Crippen molar-refractivity contribution in [2.24, 2.45) is 10.4 Å². The number of anilines is 1. The van der Waals surface area contributed by atoms with Gasteiger partial charge in [0.25, 0.3) is 5.91 Å². The van der Waals surface area contributed by atoms with Crippen LogP contribution in [0.2, 0.25) is 0 Å². The van der Waals surface area contributed by atoms with E-state index in [-0.39, 0.29) is 36.5 Å². The van der Waals surface area contributed by atoms with E-state index in [0.29, 0.717) is 12.0 Å². The van der Waals surface area contributed by atoms with Crippen LogP contribution in [0.5, 0.6) is 5.75 Å². The molecule has 1 heterocycles. The number of guanidine groups is 1. The number of halogens is 1. The molecule has 1 fully saturated rings. The van der Waals surface area contributed by atoms with Crippen molar-refractivity contribution in [3.8, 4) is 5.75 Å². The molecule has 0 spiro atoms. The molecule has 1 aliphatic carbocycles. The van der Waals surface area contributed by atoms with Gasteiger partial charge in [-0.25, -0.2) is 0 Å². The highest BCUT2D eigenvalue weighted by atomic mass is 127. The molecule has 27 heavy (non-hydrogen) atoms.